The summed E-state index contributed by atoms with van der Waals surface area (Å²) >= 11 is 2.90. The molecule has 4 rings (SSSR count). The molecule has 1 amide bonds. The fraction of sp³-hybridized carbons (Fsp3) is 0.190. The van der Waals surface area contributed by atoms with Crippen LogP contribution in [0.15, 0.2) is 41.8 Å². The van der Waals surface area contributed by atoms with Crippen LogP contribution in [-0.4, -0.2) is 37.2 Å². The van der Waals surface area contributed by atoms with Gasteiger partial charge in [0, 0.05) is 10.9 Å². The number of nitrogens with one attached hydrogen (secondary N) is 1. The molecule has 9 heteroatoms. The summed E-state index contributed by atoms with van der Waals surface area (Å²) in [5.74, 6) is 1.47. The number of ether oxygens (including phenoxy) is 3. The van der Waals surface area contributed by atoms with Crippen molar-refractivity contribution in [2.45, 2.75) is 6.42 Å². The number of methoxy groups -OCH3 is 3. The summed E-state index contributed by atoms with van der Waals surface area (Å²) in [6.45, 7) is 0. The summed E-state index contributed by atoms with van der Waals surface area (Å²) in [4.78, 5) is 21.5. The molecule has 0 saturated heterocycles. The number of aromatic nitrogens is 2. The second-order valence-electron chi connectivity index (χ2n) is 6.27. The predicted molar refractivity (Wildman–Crippen MR) is 119 cm³/mol. The number of fused-ring (bicyclic) bond motifs is 1. The molecule has 2 heterocycles. The Labute approximate surface area is 181 Å². The van der Waals surface area contributed by atoms with Gasteiger partial charge in [0.2, 0.25) is 11.7 Å². The average molecular weight is 442 g/mol. The van der Waals surface area contributed by atoms with Crippen LogP contribution in [0.3, 0.4) is 0 Å². The number of carbonyl (C=O) groups is 1. The number of anilines is 1. The Bertz CT molecular complexity index is 1140. The molecule has 154 valence electrons. The lowest BCUT2D eigenvalue weighted by Crippen LogP contribution is -2.14. The van der Waals surface area contributed by atoms with Crippen LogP contribution < -0.4 is 19.5 Å². The van der Waals surface area contributed by atoms with Gasteiger partial charge in [-0.3, -0.25) is 4.79 Å². The first-order valence-electron chi connectivity index (χ1n) is 9.01. The Morgan fingerprint density at radius 3 is 2.43 bits per heavy atom. The number of thiazole rings is 2. The first kappa shape index (κ1) is 20.1. The van der Waals surface area contributed by atoms with E-state index in [0.29, 0.717) is 28.1 Å². The molecule has 0 aliphatic carbocycles. The molecular formula is C21H19N3O4S2. The van der Waals surface area contributed by atoms with Crippen LogP contribution in [0.4, 0.5) is 5.13 Å². The Balaban J connectivity index is 1.50. The predicted octanol–water partition coefficient (Wildman–Crippen LogP) is 4.63. The largest absolute Gasteiger partial charge is 0.493 e. The normalized spacial score (nSPS) is 10.8. The Morgan fingerprint density at radius 2 is 1.77 bits per heavy atom. The molecule has 2 aromatic heterocycles. The van der Waals surface area contributed by atoms with Crippen molar-refractivity contribution in [2.75, 3.05) is 26.6 Å². The fourth-order valence-corrected chi connectivity index (χ4v) is 4.67. The minimum atomic E-state index is -0.157. The van der Waals surface area contributed by atoms with Gasteiger partial charge in [-0.1, -0.05) is 23.5 Å². The van der Waals surface area contributed by atoms with Gasteiger partial charge < -0.3 is 19.5 Å². The highest BCUT2D eigenvalue weighted by atomic mass is 32.1. The standard InChI is InChI=1S/C21H19N3O4S2/c1-26-15-8-12(9-16(27-2)19(15)28-3)20-22-13(11-29-20)10-18(25)24-21-23-14-6-4-5-7-17(14)30-21/h4-9,11H,10H2,1-3H3,(H,23,24,25). The Kier molecular flexibility index (Phi) is 5.82. The molecule has 0 aliphatic rings. The lowest BCUT2D eigenvalue weighted by molar-refractivity contribution is -0.115. The van der Waals surface area contributed by atoms with Crippen molar-refractivity contribution < 1.29 is 19.0 Å². The van der Waals surface area contributed by atoms with E-state index in [0.717, 1.165) is 20.8 Å². The third-order valence-corrected chi connectivity index (χ3v) is 6.24. The minimum Gasteiger partial charge on any atom is -0.493 e. The van der Waals surface area contributed by atoms with E-state index in [1.54, 1.807) is 21.3 Å². The molecule has 2 aromatic carbocycles. The van der Waals surface area contributed by atoms with Gasteiger partial charge in [0.25, 0.3) is 0 Å². The average Bonchev–Trinajstić information content (AvgIpc) is 3.38. The van der Waals surface area contributed by atoms with E-state index in [2.05, 4.69) is 15.3 Å². The summed E-state index contributed by atoms with van der Waals surface area (Å²) in [6.07, 6.45) is 0.164. The summed E-state index contributed by atoms with van der Waals surface area (Å²) < 4.78 is 17.2. The molecule has 0 atom stereocenters. The van der Waals surface area contributed by atoms with Gasteiger partial charge in [-0.25, -0.2) is 9.97 Å². The van der Waals surface area contributed by atoms with E-state index < -0.39 is 0 Å². The number of nitrogens with zero attached hydrogens (tertiary/aromatic N) is 2. The molecule has 0 saturated carbocycles. The SMILES string of the molecule is COc1cc(-c2nc(CC(=O)Nc3nc4ccccc4s3)cs2)cc(OC)c1OC. The van der Waals surface area contributed by atoms with Gasteiger partial charge in [-0.2, -0.15) is 0 Å². The number of para-hydroxylation sites is 1. The Hall–Kier alpha value is -3.17. The number of hydrogen-bond donors (Lipinski definition) is 1. The third kappa shape index (κ3) is 4.07. The van der Waals surface area contributed by atoms with Gasteiger partial charge in [-0.15, -0.1) is 11.3 Å². The smallest absolute Gasteiger partial charge is 0.232 e. The highest BCUT2D eigenvalue weighted by molar-refractivity contribution is 7.22. The van der Waals surface area contributed by atoms with Gasteiger partial charge in [0.05, 0.1) is 43.7 Å². The van der Waals surface area contributed by atoms with Crippen molar-refractivity contribution in [1.82, 2.24) is 9.97 Å². The van der Waals surface area contributed by atoms with Crippen molar-refractivity contribution in [3.63, 3.8) is 0 Å². The van der Waals surface area contributed by atoms with Crippen molar-refractivity contribution in [3.05, 3.63) is 47.5 Å². The number of carbonyl (C=O) groups excluding carboxylic acids is 1. The molecule has 0 radical (unpaired) electrons. The quantitative estimate of drug-likeness (QED) is 0.450. The van der Waals surface area contributed by atoms with Crippen molar-refractivity contribution in [1.29, 1.82) is 0 Å². The summed E-state index contributed by atoms with van der Waals surface area (Å²) in [7, 11) is 4.70. The van der Waals surface area contributed by atoms with Gasteiger partial charge >= 0.3 is 0 Å². The molecule has 30 heavy (non-hydrogen) atoms. The molecule has 4 aromatic rings. The van der Waals surface area contributed by atoms with Crippen LogP contribution in [0.25, 0.3) is 20.8 Å². The molecule has 7 nitrogen and oxygen atoms in total. The second kappa shape index (κ2) is 8.68. The first-order valence-corrected chi connectivity index (χ1v) is 10.7. The van der Waals surface area contributed by atoms with Crippen LogP contribution >= 0.6 is 22.7 Å². The van der Waals surface area contributed by atoms with Gasteiger partial charge in [0.1, 0.15) is 5.01 Å². The molecule has 0 spiro atoms. The molecule has 1 N–H and O–H groups in total. The van der Waals surface area contributed by atoms with Crippen LogP contribution in [-0.2, 0) is 11.2 Å². The van der Waals surface area contributed by atoms with Crippen LogP contribution in [0.5, 0.6) is 17.2 Å². The summed E-state index contributed by atoms with van der Waals surface area (Å²) in [6, 6.07) is 11.5. The van der Waals surface area contributed by atoms with E-state index in [9.17, 15) is 4.79 Å². The topological polar surface area (TPSA) is 82.6 Å². The van der Waals surface area contributed by atoms with Crippen LogP contribution in [0.2, 0.25) is 0 Å². The molecule has 0 unspecified atom stereocenters. The van der Waals surface area contributed by atoms with Crippen molar-refractivity contribution >= 4 is 43.9 Å². The molecule has 0 fully saturated rings. The monoisotopic (exact) mass is 441 g/mol. The number of benzene rings is 2. The highest BCUT2D eigenvalue weighted by Crippen LogP contribution is 2.41. The number of amides is 1. The maximum absolute atomic E-state index is 12.5. The first-order chi connectivity index (χ1) is 14.6. The molecule has 0 bridgehead atoms. The summed E-state index contributed by atoms with van der Waals surface area (Å²) in [5.41, 5.74) is 2.38. The van der Waals surface area contributed by atoms with E-state index in [4.69, 9.17) is 14.2 Å². The number of hydrogen-bond acceptors (Lipinski definition) is 8. The van der Waals surface area contributed by atoms with E-state index in [-0.39, 0.29) is 12.3 Å². The second-order valence-corrected chi connectivity index (χ2v) is 8.16. The van der Waals surface area contributed by atoms with E-state index >= 15 is 0 Å². The third-order valence-electron chi connectivity index (χ3n) is 4.35. The maximum Gasteiger partial charge on any atom is 0.232 e. The zero-order chi connectivity index (χ0) is 21.1. The van der Waals surface area contributed by atoms with Gasteiger partial charge in [-0.05, 0) is 24.3 Å². The van der Waals surface area contributed by atoms with Crippen LogP contribution in [0.1, 0.15) is 5.69 Å². The van der Waals surface area contributed by atoms with E-state index in [1.807, 2.05) is 41.8 Å². The minimum absolute atomic E-state index is 0.157. The lowest BCUT2D eigenvalue weighted by atomic mass is 10.2. The van der Waals surface area contributed by atoms with Crippen molar-refractivity contribution in [3.8, 4) is 27.8 Å². The van der Waals surface area contributed by atoms with E-state index in [1.165, 1.54) is 22.7 Å². The zero-order valence-electron chi connectivity index (χ0n) is 16.6. The lowest BCUT2D eigenvalue weighted by Gasteiger charge is -2.13. The molecule has 0 aliphatic heterocycles. The fourth-order valence-electron chi connectivity index (χ4n) is 2.98. The number of rotatable bonds is 7. The van der Waals surface area contributed by atoms with Gasteiger partial charge in [0.15, 0.2) is 16.6 Å². The van der Waals surface area contributed by atoms with Crippen molar-refractivity contribution in [2.24, 2.45) is 0 Å². The maximum atomic E-state index is 12.5. The zero-order valence-corrected chi connectivity index (χ0v) is 18.2. The molecular weight excluding hydrogens is 422 g/mol. The van der Waals surface area contributed by atoms with Crippen LogP contribution in [0, 0.1) is 0 Å². The Morgan fingerprint density at radius 1 is 1.03 bits per heavy atom. The highest BCUT2D eigenvalue weighted by Gasteiger charge is 2.17. The summed E-state index contributed by atoms with van der Waals surface area (Å²) in [5, 5.41) is 6.07.